The molecule has 0 aromatic carbocycles. The summed E-state index contributed by atoms with van der Waals surface area (Å²) in [6, 6.07) is 0.925. The zero-order chi connectivity index (χ0) is 11.4. The fraction of sp³-hybridized carbons (Fsp3) is 1.00. The van der Waals surface area contributed by atoms with E-state index in [0.29, 0.717) is 12.1 Å². The molecule has 2 fully saturated rings. The van der Waals surface area contributed by atoms with E-state index >= 15 is 0 Å². The zero-order valence-electron chi connectivity index (χ0n) is 10.1. The van der Waals surface area contributed by atoms with Crippen molar-refractivity contribution in [1.82, 2.24) is 4.90 Å². The molecule has 0 amide bonds. The SMILES string of the molecule is OCCN(C1CCCC1)[C@@H]1CCCC[C@H]1O. The molecule has 3 nitrogen and oxygen atoms in total. The van der Waals surface area contributed by atoms with Crippen molar-refractivity contribution < 1.29 is 10.2 Å². The Morgan fingerprint density at radius 2 is 1.56 bits per heavy atom. The number of hydrogen-bond donors (Lipinski definition) is 2. The standard InChI is InChI=1S/C13H25NO2/c15-10-9-14(11-5-1-2-6-11)12-7-3-4-8-13(12)16/h11-13,15-16H,1-10H2/t12-,13-/m1/s1. The Kier molecular flexibility index (Phi) is 4.62. The summed E-state index contributed by atoms with van der Waals surface area (Å²) in [5, 5.41) is 19.3. The highest BCUT2D eigenvalue weighted by Crippen LogP contribution is 2.30. The Balaban J connectivity index is 1.98. The minimum absolute atomic E-state index is 0.166. The molecular weight excluding hydrogens is 202 g/mol. The third-order valence-electron chi connectivity index (χ3n) is 4.27. The van der Waals surface area contributed by atoms with Crippen molar-refractivity contribution in [1.29, 1.82) is 0 Å². The van der Waals surface area contributed by atoms with Crippen molar-refractivity contribution >= 4 is 0 Å². The topological polar surface area (TPSA) is 43.7 Å². The van der Waals surface area contributed by atoms with Gasteiger partial charge in [0.2, 0.25) is 0 Å². The van der Waals surface area contributed by atoms with E-state index in [1.54, 1.807) is 0 Å². The van der Waals surface area contributed by atoms with Crippen molar-refractivity contribution in [3.63, 3.8) is 0 Å². The number of rotatable bonds is 4. The molecule has 2 N–H and O–H groups in total. The van der Waals surface area contributed by atoms with Crippen molar-refractivity contribution in [2.24, 2.45) is 0 Å². The molecule has 0 unspecified atom stereocenters. The second-order valence-corrected chi connectivity index (χ2v) is 5.32. The highest BCUT2D eigenvalue weighted by molar-refractivity contribution is 4.88. The fourth-order valence-electron chi connectivity index (χ4n) is 3.45. The van der Waals surface area contributed by atoms with Crippen LogP contribution in [-0.2, 0) is 0 Å². The van der Waals surface area contributed by atoms with E-state index in [1.807, 2.05) is 0 Å². The first kappa shape index (κ1) is 12.3. The molecule has 0 saturated heterocycles. The summed E-state index contributed by atoms with van der Waals surface area (Å²) in [6.45, 7) is 0.964. The molecule has 2 atom stereocenters. The van der Waals surface area contributed by atoms with E-state index in [4.69, 9.17) is 0 Å². The Bertz CT molecular complexity index is 204. The van der Waals surface area contributed by atoms with Gasteiger partial charge in [-0.2, -0.15) is 0 Å². The van der Waals surface area contributed by atoms with Gasteiger partial charge in [0.15, 0.2) is 0 Å². The summed E-state index contributed by atoms with van der Waals surface area (Å²) >= 11 is 0. The Labute approximate surface area is 98.5 Å². The molecule has 0 aliphatic heterocycles. The maximum Gasteiger partial charge on any atom is 0.0695 e. The van der Waals surface area contributed by atoms with E-state index < -0.39 is 0 Å². The quantitative estimate of drug-likeness (QED) is 0.765. The average molecular weight is 227 g/mol. The van der Waals surface area contributed by atoms with Crippen LogP contribution in [0.2, 0.25) is 0 Å². The van der Waals surface area contributed by atoms with Gasteiger partial charge in [0.1, 0.15) is 0 Å². The molecule has 2 aliphatic rings. The molecule has 0 aromatic rings. The highest BCUT2D eigenvalue weighted by Gasteiger charge is 2.33. The molecule has 94 valence electrons. The van der Waals surface area contributed by atoms with Crippen molar-refractivity contribution in [3.05, 3.63) is 0 Å². The minimum atomic E-state index is -0.166. The molecule has 0 spiro atoms. The lowest BCUT2D eigenvalue weighted by Gasteiger charge is -2.41. The van der Waals surface area contributed by atoms with E-state index in [9.17, 15) is 10.2 Å². The number of aliphatic hydroxyl groups is 2. The van der Waals surface area contributed by atoms with E-state index in [0.717, 1.165) is 25.8 Å². The fourth-order valence-corrected chi connectivity index (χ4v) is 3.45. The van der Waals surface area contributed by atoms with Gasteiger partial charge in [-0.1, -0.05) is 25.7 Å². The first-order valence-corrected chi connectivity index (χ1v) is 6.87. The normalized spacial score (nSPS) is 32.4. The van der Waals surface area contributed by atoms with E-state index in [-0.39, 0.29) is 12.7 Å². The van der Waals surface area contributed by atoms with Crippen LogP contribution in [0, 0.1) is 0 Å². The van der Waals surface area contributed by atoms with Crippen LogP contribution in [0.4, 0.5) is 0 Å². The Morgan fingerprint density at radius 3 is 2.19 bits per heavy atom. The molecule has 16 heavy (non-hydrogen) atoms. The minimum Gasteiger partial charge on any atom is -0.395 e. The first-order chi connectivity index (χ1) is 7.83. The number of nitrogens with zero attached hydrogens (tertiary/aromatic N) is 1. The smallest absolute Gasteiger partial charge is 0.0695 e. The summed E-state index contributed by atoms with van der Waals surface area (Å²) in [4.78, 5) is 2.40. The van der Waals surface area contributed by atoms with Crippen molar-refractivity contribution in [3.8, 4) is 0 Å². The summed E-state index contributed by atoms with van der Waals surface area (Å²) < 4.78 is 0. The molecular formula is C13H25NO2. The van der Waals surface area contributed by atoms with Gasteiger partial charge in [-0.3, -0.25) is 4.90 Å². The summed E-state index contributed by atoms with van der Waals surface area (Å²) in [7, 11) is 0. The van der Waals surface area contributed by atoms with Crippen LogP contribution >= 0.6 is 0 Å². The van der Waals surface area contributed by atoms with Crippen LogP contribution in [0.1, 0.15) is 51.4 Å². The Hall–Kier alpha value is -0.120. The Morgan fingerprint density at radius 1 is 0.938 bits per heavy atom. The van der Waals surface area contributed by atoms with Crippen LogP contribution in [0.15, 0.2) is 0 Å². The maximum atomic E-state index is 10.1. The summed E-state index contributed by atoms with van der Waals surface area (Å²) in [5.41, 5.74) is 0. The van der Waals surface area contributed by atoms with E-state index in [2.05, 4.69) is 4.90 Å². The van der Waals surface area contributed by atoms with Crippen molar-refractivity contribution in [2.45, 2.75) is 69.6 Å². The molecule has 3 heteroatoms. The lowest BCUT2D eigenvalue weighted by molar-refractivity contribution is -0.00794. The van der Waals surface area contributed by atoms with Gasteiger partial charge in [-0.05, 0) is 25.7 Å². The molecule has 0 aromatic heterocycles. The van der Waals surface area contributed by atoms with Gasteiger partial charge < -0.3 is 10.2 Å². The van der Waals surface area contributed by atoms with Gasteiger partial charge in [0, 0.05) is 18.6 Å². The highest BCUT2D eigenvalue weighted by atomic mass is 16.3. The molecule has 2 aliphatic carbocycles. The average Bonchev–Trinajstić information content (AvgIpc) is 2.80. The summed E-state index contributed by atoms with van der Waals surface area (Å²) in [6.07, 6.45) is 9.42. The molecule has 0 heterocycles. The number of aliphatic hydroxyl groups excluding tert-OH is 2. The van der Waals surface area contributed by atoms with Crippen LogP contribution in [-0.4, -0.2) is 46.5 Å². The van der Waals surface area contributed by atoms with Crippen LogP contribution in [0.25, 0.3) is 0 Å². The molecule has 0 radical (unpaired) electrons. The largest absolute Gasteiger partial charge is 0.395 e. The predicted molar refractivity (Wildman–Crippen MR) is 64.3 cm³/mol. The third-order valence-corrected chi connectivity index (χ3v) is 4.27. The predicted octanol–water partition coefficient (Wildman–Crippen LogP) is 1.53. The van der Waals surface area contributed by atoms with Crippen LogP contribution in [0.3, 0.4) is 0 Å². The second-order valence-electron chi connectivity index (χ2n) is 5.32. The maximum absolute atomic E-state index is 10.1. The lowest BCUT2D eigenvalue weighted by Crippen LogP contribution is -2.50. The van der Waals surface area contributed by atoms with Gasteiger partial charge >= 0.3 is 0 Å². The van der Waals surface area contributed by atoms with Gasteiger partial charge in [0.05, 0.1) is 12.7 Å². The van der Waals surface area contributed by atoms with Crippen LogP contribution in [0.5, 0.6) is 0 Å². The van der Waals surface area contributed by atoms with Gasteiger partial charge in [-0.25, -0.2) is 0 Å². The first-order valence-electron chi connectivity index (χ1n) is 6.87. The zero-order valence-corrected chi connectivity index (χ0v) is 10.1. The monoisotopic (exact) mass is 227 g/mol. The van der Waals surface area contributed by atoms with Crippen molar-refractivity contribution in [2.75, 3.05) is 13.2 Å². The molecule has 2 rings (SSSR count). The third kappa shape index (κ3) is 2.76. The second kappa shape index (κ2) is 5.99. The molecule has 0 bridgehead atoms. The van der Waals surface area contributed by atoms with Gasteiger partial charge in [-0.15, -0.1) is 0 Å². The van der Waals surface area contributed by atoms with Crippen LogP contribution < -0.4 is 0 Å². The molecule has 2 saturated carbocycles. The van der Waals surface area contributed by atoms with Gasteiger partial charge in [0.25, 0.3) is 0 Å². The number of hydrogen-bond acceptors (Lipinski definition) is 3. The summed E-state index contributed by atoms with van der Waals surface area (Å²) in [5.74, 6) is 0. The van der Waals surface area contributed by atoms with E-state index in [1.165, 1.54) is 32.1 Å². The lowest BCUT2D eigenvalue weighted by atomic mass is 9.90.